The average Bonchev–Trinajstić information content (AvgIpc) is 2.33. The molecule has 2 heterocycles. The molecule has 7 heteroatoms. The molecule has 2 rings (SSSR count). The number of ether oxygens (including phenoxy) is 1. The van der Waals surface area contributed by atoms with Gasteiger partial charge in [-0.15, -0.1) is 0 Å². The standard InChI is InChI=1S/C12H13ClN2O4/c1-12(19-5-10(16)17)6-15(7-12)11(18)8-2-3-9(13)14-4-8/h2-4H,5-7H2,1H3,(H,16,17). The summed E-state index contributed by atoms with van der Waals surface area (Å²) >= 11 is 5.65. The van der Waals surface area contributed by atoms with Crippen LogP contribution >= 0.6 is 11.6 Å². The number of halogens is 1. The maximum Gasteiger partial charge on any atom is 0.329 e. The summed E-state index contributed by atoms with van der Waals surface area (Å²) in [6.07, 6.45) is 1.42. The Kier molecular flexibility index (Phi) is 3.73. The number of aromatic nitrogens is 1. The zero-order valence-electron chi connectivity index (χ0n) is 10.3. The van der Waals surface area contributed by atoms with Crippen LogP contribution in [0.5, 0.6) is 0 Å². The van der Waals surface area contributed by atoms with Crippen LogP contribution in [0.4, 0.5) is 0 Å². The van der Waals surface area contributed by atoms with Crippen molar-refractivity contribution in [2.45, 2.75) is 12.5 Å². The van der Waals surface area contributed by atoms with Crippen LogP contribution in [0, 0.1) is 0 Å². The van der Waals surface area contributed by atoms with E-state index in [1.165, 1.54) is 6.20 Å². The van der Waals surface area contributed by atoms with Gasteiger partial charge in [0.05, 0.1) is 18.7 Å². The summed E-state index contributed by atoms with van der Waals surface area (Å²) in [5.41, 5.74) is -0.141. The molecule has 1 saturated heterocycles. The van der Waals surface area contributed by atoms with Crippen molar-refractivity contribution >= 4 is 23.5 Å². The van der Waals surface area contributed by atoms with Crippen molar-refractivity contribution in [1.82, 2.24) is 9.88 Å². The molecule has 0 radical (unpaired) electrons. The molecule has 102 valence electrons. The van der Waals surface area contributed by atoms with Crippen LogP contribution in [0.15, 0.2) is 18.3 Å². The van der Waals surface area contributed by atoms with E-state index >= 15 is 0 Å². The maximum atomic E-state index is 12.0. The minimum Gasteiger partial charge on any atom is -0.480 e. The van der Waals surface area contributed by atoms with E-state index in [1.807, 2.05) is 0 Å². The predicted octanol–water partition coefficient (Wildman–Crippen LogP) is 1.05. The van der Waals surface area contributed by atoms with E-state index in [1.54, 1.807) is 24.0 Å². The number of amides is 1. The third kappa shape index (κ3) is 3.21. The van der Waals surface area contributed by atoms with E-state index in [9.17, 15) is 9.59 Å². The summed E-state index contributed by atoms with van der Waals surface area (Å²) in [6, 6.07) is 3.15. The number of carbonyl (C=O) groups is 2. The highest BCUT2D eigenvalue weighted by Crippen LogP contribution is 2.26. The van der Waals surface area contributed by atoms with Crippen molar-refractivity contribution in [2.24, 2.45) is 0 Å². The van der Waals surface area contributed by atoms with Crippen molar-refractivity contribution in [3.8, 4) is 0 Å². The molecule has 1 aromatic rings. The Bertz CT molecular complexity index is 497. The molecule has 0 saturated carbocycles. The molecular weight excluding hydrogens is 272 g/mol. The number of rotatable bonds is 4. The van der Waals surface area contributed by atoms with Crippen LogP contribution in [0.3, 0.4) is 0 Å². The smallest absolute Gasteiger partial charge is 0.329 e. The first kappa shape index (κ1) is 13.8. The third-order valence-corrected chi connectivity index (χ3v) is 3.08. The maximum absolute atomic E-state index is 12.0. The number of pyridine rings is 1. The molecule has 1 aliphatic rings. The molecule has 1 fully saturated rings. The Morgan fingerprint density at radius 2 is 2.21 bits per heavy atom. The van der Waals surface area contributed by atoms with Crippen LogP contribution in [-0.2, 0) is 9.53 Å². The number of likely N-dealkylation sites (tertiary alicyclic amines) is 1. The Morgan fingerprint density at radius 1 is 1.53 bits per heavy atom. The zero-order valence-corrected chi connectivity index (χ0v) is 11.1. The second-order valence-electron chi connectivity index (χ2n) is 4.66. The van der Waals surface area contributed by atoms with Crippen LogP contribution in [0.25, 0.3) is 0 Å². The second kappa shape index (κ2) is 5.14. The lowest BCUT2D eigenvalue weighted by Gasteiger charge is -2.47. The first-order valence-corrected chi connectivity index (χ1v) is 6.04. The van der Waals surface area contributed by atoms with Gasteiger partial charge < -0.3 is 14.7 Å². The van der Waals surface area contributed by atoms with Crippen LogP contribution in [0.1, 0.15) is 17.3 Å². The SMILES string of the molecule is CC1(OCC(=O)O)CN(C(=O)c2ccc(Cl)nc2)C1. The number of carboxylic acids is 1. The lowest BCUT2D eigenvalue weighted by atomic mass is 9.95. The van der Waals surface area contributed by atoms with Gasteiger partial charge in [0.1, 0.15) is 17.4 Å². The van der Waals surface area contributed by atoms with E-state index < -0.39 is 11.6 Å². The van der Waals surface area contributed by atoms with Gasteiger partial charge >= 0.3 is 5.97 Å². The summed E-state index contributed by atoms with van der Waals surface area (Å²) in [5.74, 6) is -1.19. The Morgan fingerprint density at radius 3 is 2.74 bits per heavy atom. The van der Waals surface area contributed by atoms with Gasteiger partial charge in [0, 0.05) is 6.20 Å². The summed E-state index contributed by atoms with van der Waals surface area (Å²) < 4.78 is 5.23. The molecule has 0 unspecified atom stereocenters. The van der Waals surface area contributed by atoms with Gasteiger partial charge in [-0.1, -0.05) is 11.6 Å². The van der Waals surface area contributed by atoms with E-state index in [0.717, 1.165) is 0 Å². The molecule has 1 N–H and O–H groups in total. The molecule has 0 aromatic carbocycles. The molecular formula is C12H13ClN2O4. The summed E-state index contributed by atoms with van der Waals surface area (Å²) in [5, 5.41) is 8.88. The largest absolute Gasteiger partial charge is 0.480 e. The average molecular weight is 285 g/mol. The molecule has 6 nitrogen and oxygen atoms in total. The molecule has 0 bridgehead atoms. The van der Waals surface area contributed by atoms with Gasteiger partial charge in [0.2, 0.25) is 0 Å². The fraction of sp³-hybridized carbons (Fsp3) is 0.417. The highest BCUT2D eigenvalue weighted by atomic mass is 35.5. The molecule has 1 aromatic heterocycles. The van der Waals surface area contributed by atoms with E-state index in [-0.39, 0.29) is 12.5 Å². The van der Waals surface area contributed by atoms with E-state index in [2.05, 4.69) is 4.98 Å². The summed E-state index contributed by atoms with van der Waals surface area (Å²) in [6.45, 7) is 2.14. The lowest BCUT2D eigenvalue weighted by molar-refractivity contribution is -0.159. The molecule has 0 spiro atoms. The van der Waals surface area contributed by atoms with Gasteiger partial charge in [-0.25, -0.2) is 9.78 Å². The third-order valence-electron chi connectivity index (χ3n) is 2.86. The highest BCUT2D eigenvalue weighted by Gasteiger charge is 2.42. The van der Waals surface area contributed by atoms with Crippen LogP contribution < -0.4 is 0 Å². The first-order valence-electron chi connectivity index (χ1n) is 5.66. The molecule has 19 heavy (non-hydrogen) atoms. The number of nitrogens with zero attached hydrogens (tertiary/aromatic N) is 2. The number of hydrogen-bond acceptors (Lipinski definition) is 4. The number of aliphatic carboxylic acids is 1. The van der Waals surface area contributed by atoms with Crippen LogP contribution in [0.2, 0.25) is 5.15 Å². The molecule has 0 aliphatic carbocycles. The van der Waals surface area contributed by atoms with Gasteiger partial charge in [0.15, 0.2) is 0 Å². The lowest BCUT2D eigenvalue weighted by Crippen LogP contribution is -2.63. The van der Waals surface area contributed by atoms with Crippen molar-refractivity contribution in [3.63, 3.8) is 0 Å². The minimum absolute atomic E-state index is 0.166. The highest BCUT2D eigenvalue weighted by molar-refractivity contribution is 6.29. The van der Waals surface area contributed by atoms with Crippen molar-refractivity contribution in [2.75, 3.05) is 19.7 Å². The fourth-order valence-electron chi connectivity index (χ4n) is 1.92. The van der Waals surface area contributed by atoms with Crippen molar-refractivity contribution < 1.29 is 19.4 Å². The summed E-state index contributed by atoms with van der Waals surface area (Å²) in [4.78, 5) is 27.9. The predicted molar refractivity (Wildman–Crippen MR) is 67.1 cm³/mol. The minimum atomic E-state index is -1.02. The fourth-order valence-corrected chi connectivity index (χ4v) is 2.03. The Labute approximate surface area is 114 Å². The summed E-state index contributed by atoms with van der Waals surface area (Å²) in [7, 11) is 0. The number of hydrogen-bond donors (Lipinski definition) is 1. The van der Waals surface area contributed by atoms with Gasteiger partial charge in [-0.3, -0.25) is 4.79 Å². The van der Waals surface area contributed by atoms with E-state index in [0.29, 0.717) is 23.8 Å². The van der Waals surface area contributed by atoms with Gasteiger partial charge in [0.25, 0.3) is 5.91 Å². The molecule has 1 aliphatic heterocycles. The quantitative estimate of drug-likeness (QED) is 0.836. The van der Waals surface area contributed by atoms with Crippen molar-refractivity contribution in [3.05, 3.63) is 29.0 Å². The Hall–Kier alpha value is -1.66. The zero-order chi connectivity index (χ0) is 14.0. The normalized spacial score (nSPS) is 16.8. The Balaban J connectivity index is 1.91. The molecule has 0 atom stereocenters. The topological polar surface area (TPSA) is 79.7 Å². The number of carbonyl (C=O) groups excluding carboxylic acids is 1. The van der Waals surface area contributed by atoms with Crippen LogP contribution in [-0.4, -0.2) is 52.2 Å². The monoisotopic (exact) mass is 284 g/mol. The van der Waals surface area contributed by atoms with Crippen molar-refractivity contribution in [1.29, 1.82) is 0 Å². The van der Waals surface area contributed by atoms with Gasteiger partial charge in [-0.05, 0) is 19.1 Å². The number of carboxylic acid groups (broad SMARTS) is 1. The van der Waals surface area contributed by atoms with E-state index in [4.69, 9.17) is 21.4 Å². The second-order valence-corrected chi connectivity index (χ2v) is 5.05. The van der Waals surface area contributed by atoms with Gasteiger partial charge in [-0.2, -0.15) is 0 Å². The first-order chi connectivity index (χ1) is 8.89. The molecule has 1 amide bonds.